The highest BCUT2D eigenvalue weighted by atomic mass is 32.2. The van der Waals surface area contributed by atoms with Gasteiger partial charge < -0.3 is 5.11 Å². The van der Waals surface area contributed by atoms with Crippen molar-refractivity contribution in [1.29, 1.82) is 0 Å². The number of aliphatic hydroxyl groups is 1. The average Bonchev–Trinajstić information content (AvgIpc) is 2.66. The van der Waals surface area contributed by atoms with Crippen molar-refractivity contribution in [2.75, 3.05) is 25.6 Å². The molecule has 1 heterocycles. The summed E-state index contributed by atoms with van der Waals surface area (Å²) in [5.41, 5.74) is 2.39. The SMILES string of the molecule is Cc1cc(C)c(S(=O)(=O)N([C@@H]2CS(=O)(=O)C[C@@H]2O)N(C)C)cc1C. The van der Waals surface area contributed by atoms with Gasteiger partial charge in [-0.05, 0) is 43.5 Å². The third kappa shape index (κ3) is 3.50. The van der Waals surface area contributed by atoms with Crippen LogP contribution < -0.4 is 0 Å². The molecule has 1 fully saturated rings. The van der Waals surface area contributed by atoms with Crippen LogP contribution in [0.15, 0.2) is 17.0 Å². The lowest BCUT2D eigenvalue weighted by Crippen LogP contribution is -2.53. The van der Waals surface area contributed by atoms with E-state index in [-0.39, 0.29) is 4.90 Å². The predicted molar refractivity (Wildman–Crippen MR) is 91.8 cm³/mol. The summed E-state index contributed by atoms with van der Waals surface area (Å²) in [6, 6.07) is 2.35. The van der Waals surface area contributed by atoms with Crippen LogP contribution in [0, 0.1) is 20.8 Å². The van der Waals surface area contributed by atoms with Crippen molar-refractivity contribution in [3.63, 3.8) is 0 Å². The molecule has 1 saturated heterocycles. The molecule has 0 aliphatic carbocycles. The number of aliphatic hydroxyl groups excluding tert-OH is 1. The molecule has 0 saturated carbocycles. The molecule has 0 spiro atoms. The molecule has 1 aromatic carbocycles. The quantitative estimate of drug-likeness (QED) is 0.757. The molecule has 24 heavy (non-hydrogen) atoms. The third-order valence-corrected chi connectivity index (χ3v) is 8.07. The first-order valence-electron chi connectivity index (χ1n) is 7.55. The van der Waals surface area contributed by atoms with E-state index in [2.05, 4.69) is 0 Å². The number of aryl methyl sites for hydroxylation is 3. The molecule has 0 radical (unpaired) electrons. The summed E-state index contributed by atoms with van der Waals surface area (Å²) in [5, 5.41) is 11.4. The zero-order chi connectivity index (χ0) is 18.4. The van der Waals surface area contributed by atoms with Crippen LogP contribution in [0.4, 0.5) is 0 Å². The van der Waals surface area contributed by atoms with Crippen molar-refractivity contribution in [2.24, 2.45) is 0 Å². The van der Waals surface area contributed by atoms with Crippen molar-refractivity contribution >= 4 is 19.9 Å². The Bertz CT molecular complexity index is 847. The van der Waals surface area contributed by atoms with E-state index >= 15 is 0 Å². The van der Waals surface area contributed by atoms with Gasteiger partial charge in [-0.2, -0.15) is 0 Å². The lowest BCUT2D eigenvalue weighted by atomic mass is 10.1. The van der Waals surface area contributed by atoms with Gasteiger partial charge in [-0.15, -0.1) is 4.41 Å². The minimum Gasteiger partial charge on any atom is -0.390 e. The zero-order valence-electron chi connectivity index (χ0n) is 14.5. The van der Waals surface area contributed by atoms with Gasteiger partial charge in [0.25, 0.3) is 10.0 Å². The summed E-state index contributed by atoms with van der Waals surface area (Å²) < 4.78 is 51.0. The van der Waals surface area contributed by atoms with Gasteiger partial charge in [0.05, 0.1) is 28.5 Å². The number of rotatable bonds is 4. The Morgan fingerprint density at radius 3 is 2.04 bits per heavy atom. The fourth-order valence-electron chi connectivity index (χ4n) is 3.02. The van der Waals surface area contributed by atoms with Crippen LogP contribution in [-0.4, -0.2) is 69.1 Å². The number of hydrogen-bond acceptors (Lipinski definition) is 6. The Balaban J connectivity index is 2.58. The van der Waals surface area contributed by atoms with Crippen LogP contribution in [0.2, 0.25) is 0 Å². The third-order valence-electron chi connectivity index (χ3n) is 4.29. The standard InChI is InChI=1S/C15H24N2O5S2/c1-10-6-12(3)15(7-11(10)2)24(21,22)17(16(4)5)13-8-23(19,20)9-14(13)18/h6-7,13-14,18H,8-9H2,1-5H3/t13-,14+/m1/s1. The topological polar surface area (TPSA) is 95.0 Å². The molecule has 1 aliphatic heterocycles. The largest absolute Gasteiger partial charge is 0.390 e. The molecule has 1 N–H and O–H groups in total. The molecule has 0 bridgehead atoms. The van der Waals surface area contributed by atoms with Gasteiger partial charge in [0.1, 0.15) is 0 Å². The van der Waals surface area contributed by atoms with Gasteiger partial charge in [0.2, 0.25) is 0 Å². The number of benzene rings is 1. The number of nitrogens with zero attached hydrogens (tertiary/aromatic N) is 2. The predicted octanol–water partition coefficient (Wildman–Crippen LogP) is 0.237. The first-order chi connectivity index (χ1) is 10.9. The maximum atomic E-state index is 13.2. The fraction of sp³-hybridized carbons (Fsp3) is 0.600. The second-order valence-corrected chi connectivity index (χ2v) is 10.5. The van der Waals surface area contributed by atoms with E-state index in [0.717, 1.165) is 15.5 Å². The Hall–Kier alpha value is -1.00. The monoisotopic (exact) mass is 376 g/mol. The highest BCUT2D eigenvalue weighted by Crippen LogP contribution is 2.29. The molecule has 1 aliphatic rings. The molecule has 2 rings (SSSR count). The first-order valence-corrected chi connectivity index (χ1v) is 10.8. The van der Waals surface area contributed by atoms with Gasteiger partial charge in [-0.25, -0.2) is 21.8 Å². The van der Waals surface area contributed by atoms with Crippen molar-refractivity contribution < 1.29 is 21.9 Å². The Morgan fingerprint density at radius 1 is 1.04 bits per heavy atom. The average molecular weight is 377 g/mol. The first kappa shape index (κ1) is 19.3. The van der Waals surface area contributed by atoms with Crippen LogP contribution in [0.3, 0.4) is 0 Å². The summed E-state index contributed by atoms with van der Waals surface area (Å²) in [6.07, 6.45) is -1.25. The molecule has 2 atom stereocenters. The van der Waals surface area contributed by atoms with Gasteiger partial charge in [0, 0.05) is 14.1 Å². The summed E-state index contributed by atoms with van der Waals surface area (Å²) >= 11 is 0. The second kappa shape index (κ2) is 6.38. The van der Waals surface area contributed by atoms with Crippen LogP contribution in [-0.2, 0) is 19.9 Å². The van der Waals surface area contributed by atoms with Crippen LogP contribution in [0.1, 0.15) is 16.7 Å². The summed E-state index contributed by atoms with van der Waals surface area (Å²) in [5.74, 6) is -0.821. The molecular formula is C15H24N2O5S2. The molecule has 136 valence electrons. The van der Waals surface area contributed by atoms with E-state index in [1.165, 1.54) is 19.1 Å². The van der Waals surface area contributed by atoms with E-state index in [9.17, 15) is 21.9 Å². The van der Waals surface area contributed by atoms with Gasteiger partial charge in [0.15, 0.2) is 9.84 Å². The maximum Gasteiger partial charge on any atom is 0.256 e. The second-order valence-electron chi connectivity index (χ2n) is 6.54. The van der Waals surface area contributed by atoms with E-state index in [1.807, 2.05) is 13.8 Å². The Morgan fingerprint density at radius 2 is 1.58 bits per heavy atom. The number of sulfone groups is 1. The van der Waals surface area contributed by atoms with Crippen LogP contribution in [0.25, 0.3) is 0 Å². The van der Waals surface area contributed by atoms with Gasteiger partial charge in [-0.3, -0.25) is 0 Å². The highest BCUT2D eigenvalue weighted by Gasteiger charge is 2.46. The van der Waals surface area contributed by atoms with Crippen molar-refractivity contribution in [1.82, 2.24) is 9.42 Å². The van der Waals surface area contributed by atoms with Crippen molar-refractivity contribution in [3.05, 3.63) is 28.8 Å². The van der Waals surface area contributed by atoms with E-state index in [4.69, 9.17) is 0 Å². The lowest BCUT2D eigenvalue weighted by molar-refractivity contribution is 0.0271. The van der Waals surface area contributed by atoms with E-state index < -0.39 is 43.5 Å². The maximum absolute atomic E-state index is 13.2. The lowest BCUT2D eigenvalue weighted by Gasteiger charge is -2.34. The smallest absolute Gasteiger partial charge is 0.256 e. The summed E-state index contributed by atoms with van der Waals surface area (Å²) in [6.45, 7) is 5.42. The molecule has 0 aromatic heterocycles. The van der Waals surface area contributed by atoms with E-state index in [1.54, 1.807) is 19.1 Å². The van der Waals surface area contributed by atoms with Gasteiger partial charge >= 0.3 is 0 Å². The zero-order valence-corrected chi connectivity index (χ0v) is 16.1. The fourth-order valence-corrected chi connectivity index (χ4v) is 6.88. The number of sulfonamides is 1. The van der Waals surface area contributed by atoms with Crippen LogP contribution >= 0.6 is 0 Å². The summed E-state index contributed by atoms with van der Waals surface area (Å²) in [7, 11) is -4.44. The van der Waals surface area contributed by atoms with Crippen molar-refractivity contribution in [3.8, 4) is 0 Å². The Labute approximate surface area is 143 Å². The molecule has 7 nitrogen and oxygen atoms in total. The minimum absolute atomic E-state index is 0.121. The molecule has 0 amide bonds. The normalized spacial score (nSPS) is 24.0. The highest BCUT2D eigenvalue weighted by molar-refractivity contribution is 7.92. The Kier molecular flexibility index (Phi) is 5.14. The minimum atomic E-state index is -4.00. The number of hydrazine groups is 1. The summed E-state index contributed by atoms with van der Waals surface area (Å²) in [4.78, 5) is 0.121. The van der Waals surface area contributed by atoms with Gasteiger partial charge in [-0.1, -0.05) is 6.07 Å². The molecule has 0 unspecified atom stereocenters. The van der Waals surface area contributed by atoms with Crippen LogP contribution in [0.5, 0.6) is 0 Å². The molecule has 1 aromatic rings. The number of hydrogen-bond donors (Lipinski definition) is 1. The molecule has 9 heteroatoms. The van der Waals surface area contributed by atoms with Crippen molar-refractivity contribution in [2.45, 2.75) is 37.8 Å². The van der Waals surface area contributed by atoms with E-state index in [0.29, 0.717) is 5.56 Å². The molecular weight excluding hydrogens is 352 g/mol.